The van der Waals surface area contributed by atoms with E-state index in [0.717, 1.165) is 0 Å². The molecule has 2 aromatic carbocycles. The van der Waals surface area contributed by atoms with Gasteiger partial charge in [0.05, 0.1) is 12.2 Å². The summed E-state index contributed by atoms with van der Waals surface area (Å²) in [4.78, 5) is 0. The first-order valence-electron chi connectivity index (χ1n) is 5.21. The Balaban J connectivity index is 2.35. The molecule has 2 aromatic rings. The fraction of sp³-hybridized carbons (Fsp3) is 0.0714. The Morgan fingerprint density at radius 1 is 1.00 bits per heavy atom. The van der Waals surface area contributed by atoms with Crippen molar-refractivity contribution in [2.45, 2.75) is 6.61 Å². The Morgan fingerprint density at radius 2 is 1.65 bits per heavy atom. The van der Waals surface area contributed by atoms with Crippen molar-refractivity contribution < 1.29 is 9.84 Å². The van der Waals surface area contributed by atoms with E-state index in [2.05, 4.69) is 6.07 Å². The Hall–Kier alpha value is -2.31. The molecule has 0 radical (unpaired) electrons. The van der Waals surface area contributed by atoms with Crippen LogP contribution in [0.2, 0.25) is 0 Å². The number of benzene rings is 2. The highest BCUT2D eigenvalue weighted by molar-refractivity contribution is 5.46. The number of ether oxygens (including phenoxy) is 1. The lowest BCUT2D eigenvalue weighted by atomic mass is 10.2. The Kier molecular flexibility index (Phi) is 3.39. The molecule has 0 bridgehead atoms. The summed E-state index contributed by atoms with van der Waals surface area (Å²) in [5.41, 5.74) is 1.17. The summed E-state index contributed by atoms with van der Waals surface area (Å²) in [6, 6.07) is 16.3. The molecule has 0 saturated heterocycles. The maximum Gasteiger partial charge on any atom is 0.145 e. The molecule has 0 saturated carbocycles. The standard InChI is InChI=1S/C14H11NO2/c15-9-11-5-1-3-7-13(11)17-14-8-4-2-6-12(14)10-16/h1-8,16H,10H2. The molecule has 0 heterocycles. The highest BCUT2D eigenvalue weighted by Crippen LogP contribution is 2.27. The van der Waals surface area contributed by atoms with Crippen LogP contribution in [0.25, 0.3) is 0 Å². The normalized spacial score (nSPS) is 9.65. The van der Waals surface area contributed by atoms with E-state index in [4.69, 9.17) is 10.00 Å². The van der Waals surface area contributed by atoms with Gasteiger partial charge in [-0.15, -0.1) is 0 Å². The third kappa shape index (κ3) is 2.44. The van der Waals surface area contributed by atoms with E-state index >= 15 is 0 Å². The quantitative estimate of drug-likeness (QED) is 0.873. The molecule has 0 atom stereocenters. The number of rotatable bonds is 3. The van der Waals surface area contributed by atoms with Crippen LogP contribution in [-0.4, -0.2) is 5.11 Å². The van der Waals surface area contributed by atoms with E-state index in [9.17, 15) is 5.11 Å². The molecule has 1 N–H and O–H groups in total. The van der Waals surface area contributed by atoms with E-state index in [0.29, 0.717) is 22.6 Å². The fourth-order valence-electron chi connectivity index (χ4n) is 1.50. The van der Waals surface area contributed by atoms with Crippen molar-refractivity contribution in [3.05, 3.63) is 59.7 Å². The van der Waals surface area contributed by atoms with E-state index in [1.54, 1.807) is 36.4 Å². The molecule has 0 unspecified atom stereocenters. The maximum atomic E-state index is 9.18. The highest BCUT2D eigenvalue weighted by Gasteiger charge is 2.06. The van der Waals surface area contributed by atoms with Crippen molar-refractivity contribution in [2.75, 3.05) is 0 Å². The van der Waals surface area contributed by atoms with Gasteiger partial charge in [0.15, 0.2) is 0 Å². The van der Waals surface area contributed by atoms with Crippen molar-refractivity contribution in [3.63, 3.8) is 0 Å². The lowest BCUT2D eigenvalue weighted by molar-refractivity contribution is 0.276. The topological polar surface area (TPSA) is 53.2 Å². The Bertz CT molecular complexity index is 558. The van der Waals surface area contributed by atoms with E-state index in [1.807, 2.05) is 12.1 Å². The lowest BCUT2D eigenvalue weighted by Gasteiger charge is -2.10. The van der Waals surface area contributed by atoms with Gasteiger partial charge in [-0.05, 0) is 18.2 Å². The number of hydrogen-bond donors (Lipinski definition) is 1. The number of nitriles is 1. The van der Waals surface area contributed by atoms with Crippen molar-refractivity contribution in [1.29, 1.82) is 5.26 Å². The van der Waals surface area contributed by atoms with Crippen molar-refractivity contribution in [1.82, 2.24) is 0 Å². The monoisotopic (exact) mass is 225 g/mol. The molecule has 0 fully saturated rings. The van der Waals surface area contributed by atoms with Crippen LogP contribution in [0.3, 0.4) is 0 Å². The Labute approximate surface area is 99.5 Å². The minimum atomic E-state index is -0.0924. The molecule has 2 rings (SSSR count). The highest BCUT2D eigenvalue weighted by atomic mass is 16.5. The zero-order valence-electron chi connectivity index (χ0n) is 9.13. The molecule has 0 amide bonds. The predicted molar refractivity (Wildman–Crippen MR) is 63.6 cm³/mol. The molecule has 0 spiro atoms. The zero-order chi connectivity index (χ0) is 12.1. The van der Waals surface area contributed by atoms with Crippen LogP contribution in [0, 0.1) is 11.3 Å². The summed E-state index contributed by atoms with van der Waals surface area (Å²) >= 11 is 0. The number of nitrogens with zero attached hydrogens (tertiary/aromatic N) is 1. The number of aliphatic hydroxyl groups excluding tert-OH is 1. The van der Waals surface area contributed by atoms with E-state index in [-0.39, 0.29) is 6.61 Å². The van der Waals surface area contributed by atoms with E-state index < -0.39 is 0 Å². The third-order valence-corrected chi connectivity index (χ3v) is 2.37. The van der Waals surface area contributed by atoms with Crippen LogP contribution in [0.1, 0.15) is 11.1 Å². The van der Waals surface area contributed by atoms with Gasteiger partial charge in [0.1, 0.15) is 17.6 Å². The molecule has 0 aromatic heterocycles. The molecular weight excluding hydrogens is 214 g/mol. The smallest absolute Gasteiger partial charge is 0.145 e. The Morgan fingerprint density at radius 3 is 2.35 bits per heavy atom. The summed E-state index contributed by atoms with van der Waals surface area (Å²) in [7, 11) is 0. The van der Waals surface area contributed by atoms with Gasteiger partial charge in [-0.1, -0.05) is 30.3 Å². The number of hydrogen-bond acceptors (Lipinski definition) is 3. The second kappa shape index (κ2) is 5.15. The van der Waals surface area contributed by atoms with Crippen LogP contribution in [0.4, 0.5) is 0 Å². The molecule has 0 aliphatic carbocycles. The van der Waals surface area contributed by atoms with Crippen LogP contribution < -0.4 is 4.74 Å². The molecule has 17 heavy (non-hydrogen) atoms. The van der Waals surface area contributed by atoms with Crippen LogP contribution in [0.15, 0.2) is 48.5 Å². The molecule has 3 nitrogen and oxygen atoms in total. The first kappa shape index (κ1) is 11.2. The van der Waals surface area contributed by atoms with Gasteiger partial charge >= 0.3 is 0 Å². The van der Waals surface area contributed by atoms with Gasteiger partial charge < -0.3 is 9.84 Å². The second-order valence-electron chi connectivity index (χ2n) is 3.48. The summed E-state index contributed by atoms with van der Waals surface area (Å²) in [6.07, 6.45) is 0. The SMILES string of the molecule is N#Cc1ccccc1Oc1ccccc1CO. The minimum Gasteiger partial charge on any atom is -0.456 e. The predicted octanol–water partition coefficient (Wildman–Crippen LogP) is 2.84. The molecule has 84 valence electrons. The number of aliphatic hydroxyl groups is 1. The second-order valence-corrected chi connectivity index (χ2v) is 3.48. The van der Waals surface area contributed by atoms with Gasteiger partial charge in [-0.2, -0.15) is 5.26 Å². The summed E-state index contributed by atoms with van der Waals surface area (Å²) in [5.74, 6) is 1.06. The van der Waals surface area contributed by atoms with Crippen molar-refractivity contribution in [3.8, 4) is 17.6 Å². The van der Waals surface area contributed by atoms with Crippen LogP contribution in [-0.2, 0) is 6.61 Å². The lowest BCUT2D eigenvalue weighted by Crippen LogP contribution is -1.92. The largest absolute Gasteiger partial charge is 0.456 e. The molecule has 3 heteroatoms. The summed E-state index contributed by atoms with van der Waals surface area (Å²) < 4.78 is 5.64. The molecule has 0 aliphatic heterocycles. The van der Waals surface area contributed by atoms with Gasteiger partial charge in [-0.3, -0.25) is 0 Å². The van der Waals surface area contributed by atoms with Gasteiger partial charge in [0.2, 0.25) is 0 Å². The van der Waals surface area contributed by atoms with Gasteiger partial charge in [0, 0.05) is 5.56 Å². The van der Waals surface area contributed by atoms with Crippen LogP contribution >= 0.6 is 0 Å². The summed E-state index contributed by atoms with van der Waals surface area (Å²) in [6.45, 7) is -0.0924. The maximum absolute atomic E-state index is 9.18. The fourth-order valence-corrected chi connectivity index (χ4v) is 1.50. The van der Waals surface area contributed by atoms with E-state index in [1.165, 1.54) is 0 Å². The van der Waals surface area contributed by atoms with Gasteiger partial charge in [0.25, 0.3) is 0 Å². The third-order valence-electron chi connectivity index (χ3n) is 2.37. The van der Waals surface area contributed by atoms with Crippen molar-refractivity contribution in [2.24, 2.45) is 0 Å². The average molecular weight is 225 g/mol. The van der Waals surface area contributed by atoms with Crippen LogP contribution in [0.5, 0.6) is 11.5 Å². The first-order chi connectivity index (χ1) is 8.35. The van der Waals surface area contributed by atoms with Gasteiger partial charge in [-0.25, -0.2) is 0 Å². The summed E-state index contributed by atoms with van der Waals surface area (Å²) in [5, 5.41) is 18.1. The first-order valence-corrected chi connectivity index (χ1v) is 5.21. The minimum absolute atomic E-state index is 0.0924. The van der Waals surface area contributed by atoms with Crippen molar-refractivity contribution >= 4 is 0 Å². The molecule has 0 aliphatic rings. The zero-order valence-corrected chi connectivity index (χ0v) is 9.13. The average Bonchev–Trinajstić information content (AvgIpc) is 2.40. The number of para-hydroxylation sites is 2. The molecular formula is C14H11NO2.